The molecule has 2 rings (SSSR count). The van der Waals surface area contributed by atoms with Crippen molar-refractivity contribution in [2.75, 3.05) is 20.6 Å². The van der Waals surface area contributed by atoms with Crippen molar-refractivity contribution in [1.82, 2.24) is 15.2 Å². The van der Waals surface area contributed by atoms with Gasteiger partial charge < -0.3 is 10.2 Å². The first-order valence-corrected chi connectivity index (χ1v) is 7.88. The van der Waals surface area contributed by atoms with Gasteiger partial charge in [0.05, 0.1) is 5.02 Å². The van der Waals surface area contributed by atoms with Crippen LogP contribution in [-0.4, -0.2) is 36.1 Å². The monoisotopic (exact) mass is 295 g/mol. The number of hydrogen-bond acceptors (Lipinski definition) is 3. The summed E-state index contributed by atoms with van der Waals surface area (Å²) in [5.74, 6) is 0.817. The highest BCUT2D eigenvalue weighted by Crippen LogP contribution is 2.35. The van der Waals surface area contributed by atoms with Crippen LogP contribution in [0.3, 0.4) is 0 Å². The molecule has 1 fully saturated rings. The summed E-state index contributed by atoms with van der Waals surface area (Å²) < 4.78 is 0. The van der Waals surface area contributed by atoms with Crippen LogP contribution in [0, 0.1) is 5.92 Å². The molecule has 0 spiro atoms. The Balaban J connectivity index is 1.95. The molecule has 20 heavy (non-hydrogen) atoms. The molecule has 0 saturated heterocycles. The highest BCUT2D eigenvalue weighted by Gasteiger charge is 2.36. The number of nitrogens with one attached hydrogen (secondary N) is 1. The van der Waals surface area contributed by atoms with Crippen LogP contribution < -0.4 is 5.32 Å². The van der Waals surface area contributed by atoms with Crippen molar-refractivity contribution in [3.8, 4) is 0 Å². The van der Waals surface area contributed by atoms with Crippen molar-refractivity contribution in [2.24, 2.45) is 5.92 Å². The number of hydrogen-bond donors (Lipinski definition) is 1. The fourth-order valence-corrected chi connectivity index (χ4v) is 3.52. The van der Waals surface area contributed by atoms with Gasteiger partial charge in [0.2, 0.25) is 0 Å². The molecule has 1 N–H and O–H groups in total. The number of pyridine rings is 1. The largest absolute Gasteiger partial charge is 0.311 e. The minimum atomic E-state index is 0.289. The number of halogens is 1. The van der Waals surface area contributed by atoms with Crippen molar-refractivity contribution >= 4 is 11.6 Å². The van der Waals surface area contributed by atoms with Gasteiger partial charge in [0, 0.05) is 31.0 Å². The Morgan fingerprint density at radius 2 is 2.30 bits per heavy atom. The molecule has 0 amide bonds. The van der Waals surface area contributed by atoms with Crippen LogP contribution in [-0.2, 0) is 6.54 Å². The number of rotatable bonds is 5. The minimum Gasteiger partial charge on any atom is -0.311 e. The van der Waals surface area contributed by atoms with E-state index in [1.54, 1.807) is 12.4 Å². The molecule has 0 aliphatic heterocycles. The Morgan fingerprint density at radius 3 is 2.95 bits per heavy atom. The van der Waals surface area contributed by atoms with Crippen LogP contribution in [0.2, 0.25) is 5.02 Å². The van der Waals surface area contributed by atoms with E-state index < -0.39 is 0 Å². The first kappa shape index (κ1) is 15.7. The normalized spacial score (nSPS) is 26.9. The Labute approximate surface area is 127 Å². The first-order valence-electron chi connectivity index (χ1n) is 7.50. The Bertz CT molecular complexity index is 435. The zero-order valence-electron chi connectivity index (χ0n) is 12.8. The Kier molecular flexibility index (Phi) is 5.42. The predicted molar refractivity (Wildman–Crippen MR) is 85.0 cm³/mol. The molecule has 0 radical (unpaired) electrons. The van der Waals surface area contributed by atoms with Gasteiger partial charge in [-0.05, 0) is 44.5 Å². The summed E-state index contributed by atoms with van der Waals surface area (Å²) in [6.45, 7) is 4.20. The van der Waals surface area contributed by atoms with E-state index in [4.69, 9.17) is 11.6 Å². The summed E-state index contributed by atoms with van der Waals surface area (Å²) >= 11 is 6.15. The van der Waals surface area contributed by atoms with E-state index in [1.807, 2.05) is 6.07 Å². The molecule has 0 aromatic carbocycles. The summed E-state index contributed by atoms with van der Waals surface area (Å²) in [4.78, 5) is 6.43. The molecule has 112 valence electrons. The van der Waals surface area contributed by atoms with Crippen LogP contribution in [0.25, 0.3) is 0 Å². The molecular weight excluding hydrogens is 270 g/mol. The molecule has 1 aliphatic carbocycles. The SMILES string of the molecule is CC1CCCC(CNCc2ccncc2Cl)(N(C)C)C1. The molecule has 0 bridgehead atoms. The van der Waals surface area contributed by atoms with E-state index in [1.165, 1.54) is 25.7 Å². The smallest absolute Gasteiger partial charge is 0.0634 e. The zero-order valence-corrected chi connectivity index (χ0v) is 13.6. The fraction of sp³-hybridized carbons (Fsp3) is 0.688. The highest BCUT2D eigenvalue weighted by molar-refractivity contribution is 6.31. The Morgan fingerprint density at radius 1 is 1.50 bits per heavy atom. The summed E-state index contributed by atoms with van der Waals surface area (Å²) in [7, 11) is 4.41. The molecule has 3 nitrogen and oxygen atoms in total. The van der Waals surface area contributed by atoms with Crippen LogP contribution in [0.4, 0.5) is 0 Å². The topological polar surface area (TPSA) is 28.2 Å². The van der Waals surface area contributed by atoms with E-state index >= 15 is 0 Å². The molecule has 4 heteroatoms. The molecule has 1 saturated carbocycles. The molecule has 2 atom stereocenters. The van der Waals surface area contributed by atoms with Crippen molar-refractivity contribution in [3.63, 3.8) is 0 Å². The van der Waals surface area contributed by atoms with Gasteiger partial charge in [-0.2, -0.15) is 0 Å². The van der Waals surface area contributed by atoms with Gasteiger partial charge in [0.15, 0.2) is 0 Å². The van der Waals surface area contributed by atoms with Gasteiger partial charge in [0.1, 0.15) is 0 Å². The third kappa shape index (κ3) is 3.72. The van der Waals surface area contributed by atoms with E-state index in [0.717, 1.165) is 29.6 Å². The van der Waals surface area contributed by atoms with Crippen molar-refractivity contribution in [2.45, 2.75) is 44.7 Å². The minimum absolute atomic E-state index is 0.289. The molecule has 1 aliphatic rings. The van der Waals surface area contributed by atoms with Crippen molar-refractivity contribution in [1.29, 1.82) is 0 Å². The second-order valence-electron chi connectivity index (χ2n) is 6.39. The second-order valence-corrected chi connectivity index (χ2v) is 6.80. The third-order valence-electron chi connectivity index (χ3n) is 4.64. The lowest BCUT2D eigenvalue weighted by atomic mass is 9.75. The molecule has 1 aromatic rings. The van der Waals surface area contributed by atoms with Crippen molar-refractivity contribution in [3.05, 3.63) is 29.0 Å². The third-order valence-corrected chi connectivity index (χ3v) is 4.98. The zero-order chi connectivity index (χ0) is 14.6. The average Bonchev–Trinajstić information content (AvgIpc) is 2.41. The predicted octanol–water partition coefficient (Wildman–Crippen LogP) is 3.34. The van der Waals surface area contributed by atoms with E-state index in [0.29, 0.717) is 0 Å². The van der Waals surface area contributed by atoms with Gasteiger partial charge in [-0.15, -0.1) is 0 Å². The van der Waals surface area contributed by atoms with Crippen LogP contribution in [0.15, 0.2) is 18.5 Å². The lowest BCUT2D eigenvalue weighted by molar-refractivity contribution is 0.0749. The summed E-state index contributed by atoms with van der Waals surface area (Å²) in [6.07, 6.45) is 8.76. The van der Waals surface area contributed by atoms with Crippen LogP contribution in [0.1, 0.15) is 38.2 Å². The molecule has 1 heterocycles. The average molecular weight is 296 g/mol. The quantitative estimate of drug-likeness (QED) is 0.903. The van der Waals surface area contributed by atoms with Gasteiger partial charge in [-0.25, -0.2) is 0 Å². The van der Waals surface area contributed by atoms with Gasteiger partial charge in [-0.1, -0.05) is 31.4 Å². The van der Waals surface area contributed by atoms with Crippen LogP contribution in [0.5, 0.6) is 0 Å². The summed E-state index contributed by atoms with van der Waals surface area (Å²) in [5, 5.41) is 4.35. The standard InChI is InChI=1S/C16H26ClN3/c1-13-5-4-7-16(9-13,20(2)3)12-19-10-14-6-8-18-11-15(14)17/h6,8,11,13,19H,4-5,7,9-10,12H2,1-3H3. The van der Waals surface area contributed by atoms with E-state index in [9.17, 15) is 0 Å². The summed E-state index contributed by atoms with van der Waals surface area (Å²) in [5.41, 5.74) is 1.41. The maximum Gasteiger partial charge on any atom is 0.0634 e. The second kappa shape index (κ2) is 6.88. The van der Waals surface area contributed by atoms with Crippen LogP contribution >= 0.6 is 11.6 Å². The van der Waals surface area contributed by atoms with E-state index in [2.05, 4.69) is 36.2 Å². The Hall–Kier alpha value is -0.640. The molecule has 1 aromatic heterocycles. The number of likely N-dealkylation sites (N-methyl/N-ethyl adjacent to an activating group) is 1. The first-order chi connectivity index (χ1) is 9.53. The highest BCUT2D eigenvalue weighted by atomic mass is 35.5. The lowest BCUT2D eigenvalue weighted by Gasteiger charge is -2.45. The molecular formula is C16H26ClN3. The number of nitrogens with zero attached hydrogens (tertiary/aromatic N) is 2. The van der Waals surface area contributed by atoms with Crippen molar-refractivity contribution < 1.29 is 0 Å². The van der Waals surface area contributed by atoms with Gasteiger partial charge >= 0.3 is 0 Å². The summed E-state index contributed by atoms with van der Waals surface area (Å²) in [6, 6.07) is 1.99. The van der Waals surface area contributed by atoms with Gasteiger partial charge in [0.25, 0.3) is 0 Å². The molecule has 2 unspecified atom stereocenters. The lowest BCUT2D eigenvalue weighted by Crippen LogP contribution is -2.54. The maximum absolute atomic E-state index is 6.15. The fourth-order valence-electron chi connectivity index (χ4n) is 3.33. The maximum atomic E-state index is 6.15. The number of aromatic nitrogens is 1. The van der Waals surface area contributed by atoms with Gasteiger partial charge in [-0.3, -0.25) is 4.98 Å². The van der Waals surface area contributed by atoms with E-state index in [-0.39, 0.29) is 5.54 Å².